The number of carbonyl (C=O) groups excluding carboxylic acids is 1. The summed E-state index contributed by atoms with van der Waals surface area (Å²) in [4.78, 5) is 13.5. The predicted octanol–water partition coefficient (Wildman–Crippen LogP) is 3.43. The van der Waals surface area contributed by atoms with Crippen molar-refractivity contribution in [3.05, 3.63) is 69.2 Å². The van der Waals surface area contributed by atoms with Crippen LogP contribution in [0.25, 0.3) is 0 Å². The minimum Gasteiger partial charge on any atom is -0.396 e. The van der Waals surface area contributed by atoms with Crippen molar-refractivity contribution >= 4 is 29.1 Å². The molecule has 5 atom stereocenters. The smallest absolute Gasteiger partial charge is 0.237 e. The fourth-order valence-corrected chi connectivity index (χ4v) is 5.47. The highest BCUT2D eigenvalue weighted by molar-refractivity contribution is 6.31. The fraction of sp³-hybridized carbons (Fsp3) is 0.481. The van der Waals surface area contributed by atoms with E-state index in [0.717, 1.165) is 6.07 Å². The molecule has 1 aliphatic rings. The summed E-state index contributed by atoms with van der Waals surface area (Å²) in [5.41, 5.74) is -2.71. The van der Waals surface area contributed by atoms with Gasteiger partial charge in [0.05, 0.1) is 29.8 Å². The average Bonchev–Trinajstić information content (AvgIpc) is 3.19. The third-order valence-corrected chi connectivity index (χ3v) is 7.61. The maximum atomic E-state index is 15.6. The summed E-state index contributed by atoms with van der Waals surface area (Å²) in [5, 5.41) is 45.2. The number of aliphatic hydroxyl groups is 3. The first kappa shape index (κ1) is 30.2. The van der Waals surface area contributed by atoms with Crippen molar-refractivity contribution < 1.29 is 28.9 Å². The first-order valence-corrected chi connectivity index (χ1v) is 12.9. The molecule has 1 aliphatic heterocycles. The highest BCUT2D eigenvalue weighted by atomic mass is 35.5. The minimum absolute atomic E-state index is 0.00878. The number of nitrogens with zero attached hydrogens (tertiary/aromatic N) is 1. The molecule has 1 fully saturated rings. The minimum atomic E-state index is -1.82. The van der Waals surface area contributed by atoms with Crippen LogP contribution < -0.4 is 10.6 Å². The molecule has 0 spiro atoms. The SMILES string of the molecule is CC(C)(CO)C[C@H]1N[C@H](C(=O)NCC[C@H](O)CO)[C@@H](c2cccc(Cl)c2F)[C@]1(C#N)c1ccc(Cl)cc1F. The topological polar surface area (TPSA) is 126 Å². The van der Waals surface area contributed by atoms with Crippen molar-refractivity contribution in [1.29, 1.82) is 5.26 Å². The number of aliphatic hydroxyl groups excluding tert-OH is 3. The van der Waals surface area contributed by atoms with Gasteiger partial charge in [-0.3, -0.25) is 4.79 Å². The van der Waals surface area contributed by atoms with Crippen LogP contribution in [-0.2, 0) is 10.2 Å². The van der Waals surface area contributed by atoms with Crippen LogP contribution in [0.1, 0.15) is 43.7 Å². The van der Waals surface area contributed by atoms with E-state index in [0.29, 0.717) is 0 Å². The monoisotopic (exact) mass is 569 g/mol. The van der Waals surface area contributed by atoms with E-state index in [1.165, 1.54) is 30.3 Å². The fourth-order valence-electron chi connectivity index (χ4n) is 5.12. The molecule has 206 valence electrons. The Morgan fingerprint density at radius 2 is 1.97 bits per heavy atom. The normalized spacial score (nSPS) is 24.2. The summed E-state index contributed by atoms with van der Waals surface area (Å²) < 4.78 is 31.1. The van der Waals surface area contributed by atoms with Gasteiger partial charge >= 0.3 is 0 Å². The van der Waals surface area contributed by atoms with Gasteiger partial charge in [-0.1, -0.05) is 55.2 Å². The Hall–Kier alpha value is -2.32. The largest absolute Gasteiger partial charge is 0.396 e. The van der Waals surface area contributed by atoms with Crippen molar-refractivity contribution in [2.45, 2.75) is 56.2 Å². The van der Waals surface area contributed by atoms with Crippen molar-refractivity contribution in [2.24, 2.45) is 5.41 Å². The molecule has 2 aromatic rings. The summed E-state index contributed by atoms with van der Waals surface area (Å²) in [6.07, 6.45) is -0.862. The zero-order valence-corrected chi connectivity index (χ0v) is 22.5. The van der Waals surface area contributed by atoms with Crippen molar-refractivity contribution in [3.63, 3.8) is 0 Å². The molecule has 0 unspecified atom stereocenters. The Bertz CT molecular complexity index is 1210. The van der Waals surface area contributed by atoms with Gasteiger partial charge in [0.1, 0.15) is 17.0 Å². The quantitative estimate of drug-likeness (QED) is 0.298. The number of hydrogen-bond donors (Lipinski definition) is 5. The maximum absolute atomic E-state index is 15.6. The number of nitrogens with one attached hydrogen (secondary N) is 2. The second-order valence-electron chi connectivity index (χ2n) is 10.4. The van der Waals surface area contributed by atoms with Crippen LogP contribution in [0.2, 0.25) is 10.0 Å². The summed E-state index contributed by atoms with van der Waals surface area (Å²) in [5.74, 6) is -3.50. The van der Waals surface area contributed by atoms with Crippen molar-refractivity contribution in [3.8, 4) is 6.07 Å². The van der Waals surface area contributed by atoms with Gasteiger partial charge in [0.25, 0.3) is 0 Å². The number of nitriles is 1. The van der Waals surface area contributed by atoms with E-state index in [1.807, 2.05) is 0 Å². The standard InChI is InChI=1S/C27H31Cl2F2N3O4/c1-26(2,14-36)11-21-27(13-32,18-7-6-15(28)10-20(18)30)22(17-4-3-5-19(29)23(17)31)24(34-21)25(38)33-9-8-16(37)12-35/h3-7,10,16,21-22,24,34-37H,8-9,11-12,14H2,1-2H3,(H,33,38)/t16-,21+,22+,24-,27+/m0/s1. The Morgan fingerprint density at radius 1 is 1.26 bits per heavy atom. The molecule has 5 N–H and O–H groups in total. The Balaban J connectivity index is 2.25. The zero-order valence-electron chi connectivity index (χ0n) is 21.0. The number of carbonyl (C=O) groups is 1. The van der Waals surface area contributed by atoms with Gasteiger partial charge in [-0.05, 0) is 42.0 Å². The molecule has 0 aliphatic carbocycles. The summed E-state index contributed by atoms with van der Waals surface area (Å²) in [6.45, 7) is 2.76. The lowest BCUT2D eigenvalue weighted by atomic mass is 9.62. The highest BCUT2D eigenvalue weighted by Crippen LogP contribution is 2.52. The molecule has 0 aromatic heterocycles. The van der Waals surface area contributed by atoms with Gasteiger partial charge < -0.3 is 26.0 Å². The van der Waals surface area contributed by atoms with Gasteiger partial charge in [0.15, 0.2) is 0 Å². The van der Waals surface area contributed by atoms with E-state index >= 15 is 8.78 Å². The molecule has 3 rings (SSSR count). The molecule has 2 aromatic carbocycles. The third kappa shape index (κ3) is 5.96. The van der Waals surface area contributed by atoms with Gasteiger partial charge in [0.2, 0.25) is 5.91 Å². The lowest BCUT2D eigenvalue weighted by Gasteiger charge is -2.38. The molecular weight excluding hydrogens is 539 g/mol. The highest BCUT2D eigenvalue weighted by Gasteiger charge is 2.61. The van der Waals surface area contributed by atoms with E-state index in [4.69, 9.17) is 28.3 Å². The molecular formula is C27H31Cl2F2N3O4. The maximum Gasteiger partial charge on any atom is 0.237 e. The van der Waals surface area contributed by atoms with Crippen LogP contribution in [0.4, 0.5) is 8.78 Å². The molecule has 0 saturated carbocycles. The van der Waals surface area contributed by atoms with E-state index in [9.17, 15) is 20.3 Å². The zero-order chi connectivity index (χ0) is 28.3. The first-order chi connectivity index (χ1) is 17.9. The Kier molecular flexibility index (Phi) is 9.74. The first-order valence-electron chi connectivity index (χ1n) is 12.2. The number of amides is 1. The van der Waals surface area contributed by atoms with Gasteiger partial charge in [-0.2, -0.15) is 5.26 Å². The Morgan fingerprint density at radius 3 is 2.58 bits per heavy atom. The van der Waals surface area contributed by atoms with Crippen LogP contribution in [-0.4, -0.2) is 59.2 Å². The number of hydrogen-bond acceptors (Lipinski definition) is 6. The van der Waals surface area contributed by atoms with E-state index in [2.05, 4.69) is 16.7 Å². The summed E-state index contributed by atoms with van der Waals surface area (Å²) in [6, 6.07) is 8.15. The summed E-state index contributed by atoms with van der Waals surface area (Å²) in [7, 11) is 0. The lowest BCUT2D eigenvalue weighted by molar-refractivity contribution is -0.123. The Labute approximate surface area is 230 Å². The number of benzene rings is 2. The van der Waals surface area contributed by atoms with Gasteiger partial charge in [-0.15, -0.1) is 0 Å². The van der Waals surface area contributed by atoms with Crippen LogP contribution in [0.15, 0.2) is 36.4 Å². The molecule has 38 heavy (non-hydrogen) atoms. The number of rotatable bonds is 10. The third-order valence-electron chi connectivity index (χ3n) is 7.09. The second-order valence-corrected chi connectivity index (χ2v) is 11.2. The van der Waals surface area contributed by atoms with E-state index < -0.39 is 59.1 Å². The molecule has 1 amide bonds. The molecule has 1 heterocycles. The molecule has 11 heteroatoms. The molecule has 1 saturated heterocycles. The van der Waals surface area contributed by atoms with Crippen molar-refractivity contribution in [2.75, 3.05) is 19.8 Å². The van der Waals surface area contributed by atoms with Crippen LogP contribution in [0, 0.1) is 28.4 Å². The van der Waals surface area contributed by atoms with E-state index in [1.54, 1.807) is 13.8 Å². The number of halogens is 4. The van der Waals surface area contributed by atoms with Crippen LogP contribution in [0.3, 0.4) is 0 Å². The molecule has 7 nitrogen and oxygen atoms in total. The second kappa shape index (κ2) is 12.2. The van der Waals surface area contributed by atoms with Gasteiger partial charge in [-0.25, -0.2) is 8.78 Å². The van der Waals surface area contributed by atoms with Crippen molar-refractivity contribution in [1.82, 2.24) is 10.6 Å². The lowest BCUT2D eigenvalue weighted by Crippen LogP contribution is -2.46. The molecule has 0 bridgehead atoms. The van der Waals surface area contributed by atoms with E-state index in [-0.39, 0.29) is 47.2 Å². The average molecular weight is 570 g/mol. The van der Waals surface area contributed by atoms with Gasteiger partial charge in [0, 0.05) is 35.7 Å². The van der Waals surface area contributed by atoms with Crippen LogP contribution >= 0.6 is 23.2 Å². The van der Waals surface area contributed by atoms with Crippen LogP contribution in [0.5, 0.6) is 0 Å². The molecule has 0 radical (unpaired) electrons. The summed E-state index contributed by atoms with van der Waals surface area (Å²) >= 11 is 12.1. The predicted molar refractivity (Wildman–Crippen MR) is 140 cm³/mol.